The number of hydrogen-bond acceptors (Lipinski definition) is 5. The Bertz CT molecular complexity index is 1000. The zero-order valence-corrected chi connectivity index (χ0v) is 17.2. The first-order valence-electron chi connectivity index (χ1n) is 7.64. The van der Waals surface area contributed by atoms with E-state index < -0.39 is 16.0 Å². The first-order chi connectivity index (χ1) is 12.7. The van der Waals surface area contributed by atoms with E-state index in [-0.39, 0.29) is 16.4 Å². The minimum Gasteiger partial charge on any atom is -0.493 e. The van der Waals surface area contributed by atoms with E-state index in [1.165, 1.54) is 32.4 Å². The molecule has 0 heterocycles. The van der Waals surface area contributed by atoms with Crippen LogP contribution in [0, 0.1) is 6.92 Å². The minimum absolute atomic E-state index is 0.0197. The Labute approximate surface area is 165 Å². The van der Waals surface area contributed by atoms with Crippen LogP contribution in [0.3, 0.4) is 0 Å². The van der Waals surface area contributed by atoms with Crippen molar-refractivity contribution in [2.45, 2.75) is 11.8 Å². The number of hydrogen-bond donors (Lipinski definition) is 2. The largest absolute Gasteiger partial charge is 0.493 e. The first kappa shape index (κ1) is 20.8. The number of carbonyl (C=O) groups is 1. The van der Waals surface area contributed by atoms with Crippen molar-refractivity contribution in [3.05, 3.63) is 52.0 Å². The van der Waals surface area contributed by atoms with Gasteiger partial charge in [0.2, 0.25) is 0 Å². The van der Waals surface area contributed by atoms with Crippen LogP contribution in [-0.4, -0.2) is 33.7 Å². The van der Waals surface area contributed by atoms with Crippen molar-refractivity contribution in [2.75, 3.05) is 18.9 Å². The van der Waals surface area contributed by atoms with Crippen molar-refractivity contribution in [3.63, 3.8) is 0 Å². The van der Waals surface area contributed by atoms with Crippen molar-refractivity contribution in [2.24, 2.45) is 0 Å². The Kier molecular flexibility index (Phi) is 6.50. The van der Waals surface area contributed by atoms with Crippen LogP contribution in [0.15, 0.2) is 45.8 Å². The Morgan fingerprint density at radius 1 is 1.19 bits per heavy atom. The summed E-state index contributed by atoms with van der Waals surface area (Å²) in [7, 11) is -1.34. The van der Waals surface area contributed by atoms with Crippen LogP contribution in [0.5, 0.6) is 11.5 Å². The third-order valence-corrected chi connectivity index (χ3v) is 5.86. The van der Waals surface area contributed by atoms with Gasteiger partial charge < -0.3 is 14.6 Å². The molecular formula is C18H18BrNO6S. The molecule has 2 aromatic rings. The second kappa shape index (κ2) is 8.45. The summed E-state index contributed by atoms with van der Waals surface area (Å²) in [4.78, 5) is 10.6. The molecule has 0 aromatic heterocycles. The Morgan fingerprint density at radius 3 is 2.44 bits per heavy atom. The Morgan fingerprint density at radius 2 is 1.89 bits per heavy atom. The number of carboxylic acid groups (broad SMARTS) is 1. The van der Waals surface area contributed by atoms with Crippen molar-refractivity contribution in [1.29, 1.82) is 0 Å². The van der Waals surface area contributed by atoms with E-state index >= 15 is 0 Å². The van der Waals surface area contributed by atoms with Crippen LogP contribution in [0.25, 0.3) is 6.08 Å². The molecule has 2 aromatic carbocycles. The highest BCUT2D eigenvalue weighted by Crippen LogP contribution is 2.37. The number of carboxylic acids is 1. The van der Waals surface area contributed by atoms with Crippen LogP contribution < -0.4 is 14.2 Å². The molecule has 144 valence electrons. The number of benzene rings is 2. The summed E-state index contributed by atoms with van der Waals surface area (Å²) in [6.45, 7) is 1.84. The van der Waals surface area contributed by atoms with Crippen LogP contribution >= 0.6 is 15.9 Å². The first-order valence-corrected chi connectivity index (χ1v) is 9.91. The maximum absolute atomic E-state index is 12.9. The highest BCUT2D eigenvalue weighted by molar-refractivity contribution is 9.10. The van der Waals surface area contributed by atoms with Gasteiger partial charge in [-0.15, -0.1) is 0 Å². The zero-order valence-electron chi connectivity index (χ0n) is 14.8. The maximum atomic E-state index is 12.9. The molecule has 0 aliphatic carbocycles. The van der Waals surface area contributed by atoms with Gasteiger partial charge in [-0.05, 0) is 54.5 Å². The molecule has 0 fully saturated rings. The fraction of sp³-hybridized carbons (Fsp3) is 0.167. The van der Waals surface area contributed by atoms with Crippen LogP contribution in [-0.2, 0) is 14.8 Å². The van der Waals surface area contributed by atoms with Gasteiger partial charge in [-0.2, -0.15) is 0 Å². The van der Waals surface area contributed by atoms with Gasteiger partial charge in [-0.1, -0.05) is 15.9 Å². The smallest absolute Gasteiger partial charge is 0.328 e. The molecule has 0 amide bonds. The number of anilines is 1. The summed E-state index contributed by atoms with van der Waals surface area (Å²) < 4.78 is 39.6. The van der Waals surface area contributed by atoms with Gasteiger partial charge in [0.15, 0.2) is 11.5 Å². The van der Waals surface area contributed by atoms with Crippen molar-refractivity contribution >= 4 is 43.7 Å². The summed E-state index contributed by atoms with van der Waals surface area (Å²) in [5.41, 5.74) is 1.57. The number of methoxy groups -OCH3 is 2. The highest BCUT2D eigenvalue weighted by atomic mass is 79.9. The Hall–Kier alpha value is -2.52. The van der Waals surface area contributed by atoms with E-state index in [4.69, 9.17) is 14.6 Å². The monoisotopic (exact) mass is 455 g/mol. The van der Waals surface area contributed by atoms with E-state index in [1.807, 2.05) is 6.92 Å². The molecule has 2 rings (SSSR count). The zero-order chi connectivity index (χ0) is 20.2. The standard InChI is InChI=1S/C18H18BrNO6S/c1-11-8-13(5-6-14(11)19)20-27(23,24)16-10-12(4-7-17(21)22)9-15(25-2)18(16)26-3/h4-10,20H,1-3H3,(H,21,22)/b7-4+. The SMILES string of the molecule is COc1cc(/C=C/C(=O)O)cc(S(=O)(=O)Nc2ccc(Br)c(C)c2)c1OC. The van der Waals surface area contributed by atoms with Crippen LogP contribution in [0.4, 0.5) is 5.69 Å². The minimum atomic E-state index is -4.03. The lowest BCUT2D eigenvalue weighted by molar-refractivity contribution is -0.131. The molecule has 0 spiro atoms. The summed E-state index contributed by atoms with van der Waals surface area (Å²) in [6.07, 6.45) is 2.18. The number of ether oxygens (including phenoxy) is 2. The van der Waals surface area contributed by atoms with Gasteiger partial charge in [-0.25, -0.2) is 13.2 Å². The van der Waals surface area contributed by atoms with E-state index in [9.17, 15) is 13.2 Å². The van der Waals surface area contributed by atoms with Crippen molar-refractivity contribution in [3.8, 4) is 11.5 Å². The molecule has 0 aliphatic rings. The number of aliphatic carboxylic acids is 1. The fourth-order valence-corrected chi connectivity index (χ4v) is 3.84. The average Bonchev–Trinajstić information content (AvgIpc) is 2.61. The van der Waals surface area contributed by atoms with Gasteiger partial charge >= 0.3 is 5.97 Å². The van der Waals surface area contributed by atoms with Gasteiger partial charge in [0.25, 0.3) is 10.0 Å². The number of rotatable bonds is 7. The maximum Gasteiger partial charge on any atom is 0.328 e. The molecule has 0 aliphatic heterocycles. The lowest BCUT2D eigenvalue weighted by Gasteiger charge is -2.16. The predicted octanol–water partition coefficient (Wildman–Crippen LogP) is 3.67. The normalized spacial score (nSPS) is 11.4. The summed E-state index contributed by atoms with van der Waals surface area (Å²) >= 11 is 3.36. The molecule has 0 atom stereocenters. The molecule has 9 heteroatoms. The quantitative estimate of drug-likeness (QED) is 0.617. The molecule has 7 nitrogen and oxygen atoms in total. The van der Waals surface area contributed by atoms with Crippen LogP contribution in [0.2, 0.25) is 0 Å². The van der Waals surface area contributed by atoms with Gasteiger partial charge in [0, 0.05) is 16.2 Å². The molecule has 0 unspecified atom stereocenters. The summed E-state index contributed by atoms with van der Waals surface area (Å²) in [5.74, 6) is -0.971. The molecule has 27 heavy (non-hydrogen) atoms. The molecule has 0 saturated heterocycles. The predicted molar refractivity (Wildman–Crippen MR) is 106 cm³/mol. The Balaban J connectivity index is 2.56. The second-order valence-electron chi connectivity index (χ2n) is 5.50. The lowest BCUT2D eigenvalue weighted by Crippen LogP contribution is -2.15. The van der Waals surface area contributed by atoms with Crippen LogP contribution in [0.1, 0.15) is 11.1 Å². The summed E-state index contributed by atoms with van der Waals surface area (Å²) in [6, 6.07) is 7.83. The average molecular weight is 456 g/mol. The number of sulfonamides is 1. The third kappa shape index (κ3) is 5.01. The molecule has 0 bridgehead atoms. The van der Waals surface area contributed by atoms with E-state index in [0.29, 0.717) is 11.3 Å². The topological polar surface area (TPSA) is 102 Å². The molecular weight excluding hydrogens is 438 g/mol. The molecule has 0 radical (unpaired) electrons. The van der Waals surface area contributed by atoms with Crippen molar-refractivity contribution < 1.29 is 27.8 Å². The number of aryl methyl sites for hydroxylation is 1. The van der Waals surface area contributed by atoms with Gasteiger partial charge in [0.1, 0.15) is 4.90 Å². The highest BCUT2D eigenvalue weighted by Gasteiger charge is 2.24. The van der Waals surface area contributed by atoms with Crippen molar-refractivity contribution in [1.82, 2.24) is 0 Å². The van der Waals surface area contributed by atoms with E-state index in [2.05, 4.69) is 20.7 Å². The van der Waals surface area contributed by atoms with Gasteiger partial charge in [0.05, 0.1) is 14.2 Å². The van der Waals surface area contributed by atoms with E-state index in [1.54, 1.807) is 18.2 Å². The molecule has 2 N–H and O–H groups in total. The number of halogens is 1. The second-order valence-corrected chi connectivity index (χ2v) is 8.00. The lowest BCUT2D eigenvalue weighted by atomic mass is 10.2. The molecule has 0 saturated carbocycles. The van der Waals surface area contributed by atoms with E-state index in [0.717, 1.165) is 16.1 Å². The number of nitrogens with one attached hydrogen (secondary N) is 1. The third-order valence-electron chi connectivity index (χ3n) is 3.59. The summed E-state index contributed by atoms with van der Waals surface area (Å²) in [5, 5.41) is 8.80. The van der Waals surface area contributed by atoms with Gasteiger partial charge in [-0.3, -0.25) is 4.72 Å². The fourth-order valence-electron chi connectivity index (χ4n) is 2.33.